The predicted molar refractivity (Wildman–Crippen MR) is 80.0 cm³/mol. The zero-order chi connectivity index (χ0) is 16.6. The van der Waals surface area contributed by atoms with Crippen LogP contribution in [-0.2, 0) is 0 Å². The summed E-state index contributed by atoms with van der Waals surface area (Å²) in [6, 6.07) is 8.86. The summed E-state index contributed by atoms with van der Waals surface area (Å²) in [4.78, 5) is 28.2. The first-order chi connectivity index (χ1) is 11.0. The van der Waals surface area contributed by atoms with Crippen molar-refractivity contribution in [2.75, 3.05) is 7.11 Å². The number of aromatic amines is 2. The van der Waals surface area contributed by atoms with Crippen molar-refractivity contribution in [2.24, 2.45) is 5.73 Å². The van der Waals surface area contributed by atoms with Gasteiger partial charge in [-0.05, 0) is 17.7 Å². The maximum absolute atomic E-state index is 12.2. The highest BCUT2D eigenvalue weighted by Gasteiger charge is 2.34. The third-order valence-electron chi connectivity index (χ3n) is 3.55. The first-order valence-corrected chi connectivity index (χ1v) is 6.63. The first kappa shape index (κ1) is 14.5. The van der Waals surface area contributed by atoms with Crippen LogP contribution in [0, 0.1) is 11.3 Å². The molecular weight excluding hydrogens is 300 g/mol. The summed E-state index contributed by atoms with van der Waals surface area (Å²) in [5.41, 5.74) is 5.23. The smallest absolute Gasteiger partial charge is 0.328 e. The van der Waals surface area contributed by atoms with Crippen LogP contribution in [0.5, 0.6) is 11.6 Å². The van der Waals surface area contributed by atoms with Gasteiger partial charge >= 0.3 is 5.69 Å². The van der Waals surface area contributed by atoms with Gasteiger partial charge in [0.05, 0.1) is 18.6 Å². The Kier molecular flexibility index (Phi) is 3.38. The minimum absolute atomic E-state index is 0.0666. The number of ether oxygens (including phenoxy) is 2. The molecule has 1 aliphatic heterocycles. The number of nitriles is 1. The van der Waals surface area contributed by atoms with Gasteiger partial charge in [-0.1, -0.05) is 12.1 Å². The normalized spacial score (nSPS) is 16.3. The van der Waals surface area contributed by atoms with E-state index in [1.54, 1.807) is 24.3 Å². The minimum atomic E-state index is -0.764. The number of fused-ring (bicyclic) bond motifs is 1. The van der Waals surface area contributed by atoms with Gasteiger partial charge in [0.1, 0.15) is 17.4 Å². The van der Waals surface area contributed by atoms with Crippen molar-refractivity contribution in [1.82, 2.24) is 9.97 Å². The van der Waals surface area contributed by atoms with Gasteiger partial charge in [-0.2, -0.15) is 5.26 Å². The molecule has 2 heterocycles. The van der Waals surface area contributed by atoms with Crippen molar-refractivity contribution < 1.29 is 9.47 Å². The van der Waals surface area contributed by atoms with Crippen molar-refractivity contribution in [2.45, 2.75) is 5.92 Å². The molecule has 0 fully saturated rings. The molecule has 2 aromatic rings. The van der Waals surface area contributed by atoms with E-state index in [1.165, 1.54) is 7.11 Å². The maximum Gasteiger partial charge on any atom is 0.328 e. The van der Waals surface area contributed by atoms with Crippen LogP contribution in [0.3, 0.4) is 0 Å². The van der Waals surface area contributed by atoms with Crippen LogP contribution >= 0.6 is 0 Å². The number of hydrogen-bond donors (Lipinski definition) is 3. The number of hydrogen-bond acceptors (Lipinski definition) is 6. The highest BCUT2D eigenvalue weighted by atomic mass is 16.5. The van der Waals surface area contributed by atoms with E-state index in [4.69, 9.17) is 15.2 Å². The second-order valence-corrected chi connectivity index (χ2v) is 4.85. The molecule has 1 aromatic heterocycles. The lowest BCUT2D eigenvalue weighted by molar-refractivity contribution is 0.373. The number of aromatic nitrogens is 2. The maximum atomic E-state index is 12.2. The third kappa shape index (κ3) is 2.34. The van der Waals surface area contributed by atoms with E-state index >= 15 is 0 Å². The van der Waals surface area contributed by atoms with Crippen LogP contribution in [-0.4, -0.2) is 17.1 Å². The molecule has 3 rings (SSSR count). The molecule has 0 unspecified atom stereocenters. The Hall–Kier alpha value is -3.47. The summed E-state index contributed by atoms with van der Waals surface area (Å²) in [5, 5.41) is 9.41. The van der Waals surface area contributed by atoms with Crippen molar-refractivity contribution in [3.8, 4) is 17.7 Å². The highest BCUT2D eigenvalue weighted by Crippen LogP contribution is 2.39. The van der Waals surface area contributed by atoms with Gasteiger partial charge in [-0.25, -0.2) is 4.79 Å². The number of H-pyrrole nitrogens is 2. The fourth-order valence-electron chi connectivity index (χ4n) is 2.54. The van der Waals surface area contributed by atoms with E-state index in [1.807, 2.05) is 6.07 Å². The Morgan fingerprint density at radius 2 is 2.13 bits per heavy atom. The van der Waals surface area contributed by atoms with Gasteiger partial charge < -0.3 is 15.2 Å². The van der Waals surface area contributed by atoms with Gasteiger partial charge in [0, 0.05) is 0 Å². The Bertz CT molecular complexity index is 964. The Morgan fingerprint density at radius 1 is 1.35 bits per heavy atom. The van der Waals surface area contributed by atoms with Crippen LogP contribution < -0.4 is 26.5 Å². The molecule has 1 aliphatic rings. The second-order valence-electron chi connectivity index (χ2n) is 4.85. The fourth-order valence-corrected chi connectivity index (χ4v) is 2.54. The van der Waals surface area contributed by atoms with Gasteiger partial charge in [0.25, 0.3) is 5.56 Å². The summed E-state index contributed by atoms with van der Waals surface area (Å²) in [7, 11) is 1.51. The standard InChI is InChI=1S/C15H12N4O4/c1-22-8-4-2-3-7(5-8)10-9(6-16)12(17)23-14-11(10)13(20)18-15(21)19-14/h2-5,10H,17H2,1H3,(H2,18,19,20,21)/t10-/m1/s1. The SMILES string of the molecule is COc1cccc([C@@H]2C(C#N)=C(N)Oc3[nH]c(=O)[nH]c(=O)c32)c1. The van der Waals surface area contributed by atoms with E-state index in [0.717, 1.165) is 0 Å². The molecule has 0 amide bonds. The molecule has 8 heteroatoms. The number of rotatable bonds is 2. The summed E-state index contributed by atoms with van der Waals surface area (Å²) in [5.74, 6) is -0.427. The average molecular weight is 312 g/mol. The van der Waals surface area contributed by atoms with Crippen LogP contribution in [0.25, 0.3) is 0 Å². The zero-order valence-corrected chi connectivity index (χ0v) is 12.0. The van der Waals surface area contributed by atoms with E-state index in [2.05, 4.69) is 9.97 Å². The number of nitrogens with two attached hydrogens (primary N) is 1. The monoisotopic (exact) mass is 312 g/mol. The predicted octanol–water partition coefficient (Wildman–Crippen LogP) is 0.290. The summed E-state index contributed by atoms with van der Waals surface area (Å²) in [6.45, 7) is 0. The number of methoxy groups -OCH3 is 1. The lowest BCUT2D eigenvalue weighted by Gasteiger charge is -2.24. The van der Waals surface area contributed by atoms with Crippen molar-refractivity contribution in [3.63, 3.8) is 0 Å². The number of nitrogens with one attached hydrogen (secondary N) is 2. The molecule has 116 valence electrons. The molecule has 0 saturated heterocycles. The summed E-state index contributed by atoms with van der Waals surface area (Å²) in [6.07, 6.45) is 0. The molecule has 0 spiro atoms. The van der Waals surface area contributed by atoms with Crippen LogP contribution in [0.4, 0.5) is 0 Å². The molecule has 1 aromatic carbocycles. The van der Waals surface area contributed by atoms with E-state index in [-0.39, 0.29) is 22.9 Å². The largest absolute Gasteiger partial charge is 0.497 e. The molecule has 23 heavy (non-hydrogen) atoms. The third-order valence-corrected chi connectivity index (χ3v) is 3.55. The molecule has 1 atom stereocenters. The molecule has 0 aliphatic carbocycles. The Morgan fingerprint density at radius 3 is 2.83 bits per heavy atom. The van der Waals surface area contributed by atoms with Gasteiger partial charge in [0.15, 0.2) is 0 Å². The Labute approximate surface area is 129 Å². The second kappa shape index (κ2) is 5.38. The summed E-state index contributed by atoms with van der Waals surface area (Å²) >= 11 is 0. The molecule has 0 radical (unpaired) electrons. The summed E-state index contributed by atoms with van der Waals surface area (Å²) < 4.78 is 10.4. The van der Waals surface area contributed by atoms with E-state index in [0.29, 0.717) is 11.3 Å². The molecule has 0 bridgehead atoms. The van der Waals surface area contributed by atoms with Crippen molar-refractivity contribution in [1.29, 1.82) is 5.26 Å². The molecule has 4 N–H and O–H groups in total. The first-order valence-electron chi connectivity index (χ1n) is 6.63. The minimum Gasteiger partial charge on any atom is -0.497 e. The van der Waals surface area contributed by atoms with Crippen molar-refractivity contribution >= 4 is 0 Å². The molecular formula is C15H12N4O4. The number of allylic oxidation sites excluding steroid dienone is 1. The molecule has 0 saturated carbocycles. The van der Waals surface area contributed by atoms with Crippen molar-refractivity contribution in [3.05, 3.63) is 67.7 Å². The number of benzene rings is 1. The van der Waals surface area contributed by atoms with Gasteiger partial charge in [0.2, 0.25) is 11.8 Å². The van der Waals surface area contributed by atoms with E-state index in [9.17, 15) is 14.9 Å². The number of nitrogens with zero attached hydrogens (tertiary/aromatic N) is 1. The fraction of sp³-hybridized carbons (Fsp3) is 0.133. The zero-order valence-electron chi connectivity index (χ0n) is 12.0. The average Bonchev–Trinajstić information content (AvgIpc) is 2.53. The Balaban J connectivity index is 2.31. The van der Waals surface area contributed by atoms with E-state index < -0.39 is 17.2 Å². The van der Waals surface area contributed by atoms with Gasteiger partial charge in [-0.15, -0.1) is 0 Å². The topological polar surface area (TPSA) is 134 Å². The van der Waals surface area contributed by atoms with Crippen LogP contribution in [0.2, 0.25) is 0 Å². The van der Waals surface area contributed by atoms with Crippen LogP contribution in [0.1, 0.15) is 17.0 Å². The highest BCUT2D eigenvalue weighted by molar-refractivity contribution is 5.53. The quantitative estimate of drug-likeness (QED) is 0.729. The van der Waals surface area contributed by atoms with Crippen LogP contribution in [0.15, 0.2) is 45.3 Å². The lowest BCUT2D eigenvalue weighted by atomic mass is 9.85. The van der Waals surface area contributed by atoms with Gasteiger partial charge in [-0.3, -0.25) is 14.8 Å². The molecule has 8 nitrogen and oxygen atoms in total. The lowest BCUT2D eigenvalue weighted by Crippen LogP contribution is -2.33.